The lowest BCUT2D eigenvalue weighted by molar-refractivity contribution is -0.251. The average molecular weight is 501 g/mol. The van der Waals surface area contributed by atoms with Crippen LogP contribution < -0.4 is 0 Å². The van der Waals surface area contributed by atoms with Crippen molar-refractivity contribution in [1.29, 1.82) is 0 Å². The van der Waals surface area contributed by atoms with Gasteiger partial charge in [-0.1, -0.05) is 48.5 Å². The van der Waals surface area contributed by atoms with Crippen LogP contribution in [0.3, 0.4) is 0 Å². The summed E-state index contributed by atoms with van der Waals surface area (Å²) in [6, 6.07) is 0. The number of hydrogen-bond acceptors (Lipinski definition) is 3. The van der Waals surface area contributed by atoms with Crippen LogP contribution in [0.5, 0.6) is 0 Å². The minimum Gasteiger partial charge on any atom is -0.481 e. The van der Waals surface area contributed by atoms with E-state index in [1.54, 1.807) is 6.92 Å². The maximum atomic E-state index is 12.8. The van der Waals surface area contributed by atoms with E-state index in [0.29, 0.717) is 35.5 Å². The number of aliphatic carboxylic acids is 1. The molecule has 5 saturated carbocycles. The van der Waals surface area contributed by atoms with Crippen molar-refractivity contribution < 1.29 is 19.4 Å². The van der Waals surface area contributed by atoms with Crippen LogP contribution in [0.2, 0.25) is 0 Å². The quantitative estimate of drug-likeness (QED) is 0.403. The summed E-state index contributed by atoms with van der Waals surface area (Å²) in [4.78, 5) is 24.7. The lowest BCUT2D eigenvalue weighted by atomic mass is 9.32. The van der Waals surface area contributed by atoms with E-state index in [4.69, 9.17) is 4.74 Å². The molecule has 1 unspecified atom stereocenters. The van der Waals surface area contributed by atoms with Crippen LogP contribution >= 0.6 is 0 Å². The van der Waals surface area contributed by atoms with E-state index in [2.05, 4.69) is 48.5 Å². The summed E-state index contributed by atoms with van der Waals surface area (Å²) in [6.07, 6.45) is 10.9. The molecule has 0 saturated heterocycles. The van der Waals surface area contributed by atoms with Crippen LogP contribution in [-0.4, -0.2) is 23.1 Å². The second-order valence-electron chi connectivity index (χ2n) is 15.6. The van der Waals surface area contributed by atoms with Gasteiger partial charge in [0.2, 0.25) is 0 Å². The Kier molecular flexibility index (Phi) is 6.06. The van der Waals surface area contributed by atoms with Gasteiger partial charge in [-0.05, 0) is 116 Å². The molecule has 5 aliphatic rings. The molecule has 5 fully saturated rings. The van der Waals surface area contributed by atoms with Gasteiger partial charge in [-0.2, -0.15) is 0 Å². The molecule has 0 aromatic carbocycles. The number of hydrogen-bond donors (Lipinski definition) is 1. The Labute approximate surface area is 219 Å². The zero-order valence-corrected chi connectivity index (χ0v) is 24.3. The van der Waals surface area contributed by atoms with Gasteiger partial charge in [-0.3, -0.25) is 9.59 Å². The van der Waals surface area contributed by atoms with Gasteiger partial charge in [-0.15, -0.1) is 0 Å². The highest BCUT2D eigenvalue weighted by Crippen LogP contribution is 2.77. The molecule has 204 valence electrons. The van der Waals surface area contributed by atoms with Crippen molar-refractivity contribution >= 4 is 11.9 Å². The molecular formula is C32H52O4. The molecule has 0 bridgehead atoms. The molecule has 0 aliphatic heterocycles. The molecule has 0 radical (unpaired) electrons. The monoisotopic (exact) mass is 500 g/mol. The Morgan fingerprint density at radius 3 is 2.11 bits per heavy atom. The highest BCUT2D eigenvalue weighted by Gasteiger charge is 2.72. The predicted molar refractivity (Wildman–Crippen MR) is 142 cm³/mol. The number of carboxylic acids is 1. The molecule has 4 nitrogen and oxygen atoms in total. The van der Waals surface area contributed by atoms with E-state index in [9.17, 15) is 14.7 Å². The highest BCUT2D eigenvalue weighted by atomic mass is 16.5. The lowest BCUT2D eigenvalue weighted by Crippen LogP contribution is -2.67. The van der Waals surface area contributed by atoms with Crippen molar-refractivity contribution in [1.82, 2.24) is 0 Å². The molecule has 0 amide bonds. The lowest BCUT2D eigenvalue weighted by Gasteiger charge is -2.72. The third-order valence-corrected chi connectivity index (χ3v) is 14.0. The van der Waals surface area contributed by atoms with Crippen LogP contribution in [-0.2, 0) is 14.3 Å². The maximum Gasteiger partial charge on any atom is 0.309 e. The largest absolute Gasteiger partial charge is 0.481 e. The van der Waals surface area contributed by atoms with E-state index >= 15 is 0 Å². The van der Waals surface area contributed by atoms with Crippen LogP contribution in [0.1, 0.15) is 120 Å². The van der Waals surface area contributed by atoms with E-state index in [1.165, 1.54) is 25.7 Å². The molecule has 0 spiro atoms. The Morgan fingerprint density at radius 2 is 1.50 bits per heavy atom. The molecular weight excluding hydrogens is 448 g/mol. The van der Waals surface area contributed by atoms with Gasteiger partial charge >= 0.3 is 11.9 Å². The molecule has 10 atom stereocenters. The third kappa shape index (κ3) is 3.23. The van der Waals surface area contributed by atoms with Crippen molar-refractivity contribution in [2.75, 3.05) is 0 Å². The number of fused-ring (bicyclic) bond motifs is 7. The average Bonchev–Trinajstić information content (AvgIpc) is 3.17. The molecule has 5 aliphatic carbocycles. The molecule has 0 aromatic rings. The normalized spacial score (nSPS) is 51.5. The number of carbonyl (C=O) groups excluding carboxylic acids is 1. The topological polar surface area (TPSA) is 63.6 Å². The summed E-state index contributed by atoms with van der Waals surface area (Å²) in [5.41, 5.74) is 0.169. The zero-order valence-electron chi connectivity index (χ0n) is 24.3. The summed E-state index contributed by atoms with van der Waals surface area (Å²) < 4.78 is 5.89. The molecule has 36 heavy (non-hydrogen) atoms. The van der Waals surface area contributed by atoms with Gasteiger partial charge in [-0.25, -0.2) is 0 Å². The maximum absolute atomic E-state index is 12.8. The molecule has 0 heterocycles. The Bertz CT molecular complexity index is 923. The van der Waals surface area contributed by atoms with E-state index in [0.717, 1.165) is 38.5 Å². The first-order chi connectivity index (χ1) is 16.6. The number of esters is 1. The van der Waals surface area contributed by atoms with Gasteiger partial charge < -0.3 is 9.84 Å². The first-order valence-electron chi connectivity index (χ1n) is 15.1. The summed E-state index contributed by atoms with van der Waals surface area (Å²) in [7, 11) is 0. The summed E-state index contributed by atoms with van der Waals surface area (Å²) >= 11 is 0. The highest BCUT2D eigenvalue weighted by molar-refractivity contribution is 5.76. The van der Waals surface area contributed by atoms with Gasteiger partial charge in [0.15, 0.2) is 0 Å². The van der Waals surface area contributed by atoms with E-state index < -0.39 is 11.4 Å². The van der Waals surface area contributed by atoms with E-state index in [1.807, 2.05) is 0 Å². The number of carbonyl (C=O) groups is 2. The van der Waals surface area contributed by atoms with Gasteiger partial charge in [0.25, 0.3) is 0 Å². The first kappa shape index (κ1) is 26.5. The van der Waals surface area contributed by atoms with Crippen LogP contribution in [0.25, 0.3) is 0 Å². The summed E-state index contributed by atoms with van der Waals surface area (Å²) in [5, 5.41) is 10.6. The van der Waals surface area contributed by atoms with Crippen molar-refractivity contribution in [3.63, 3.8) is 0 Å². The van der Waals surface area contributed by atoms with Crippen LogP contribution in [0.15, 0.2) is 0 Å². The fraction of sp³-hybridized carbons (Fsp3) is 0.938. The Hall–Kier alpha value is -1.06. The Balaban J connectivity index is 1.52. The van der Waals surface area contributed by atoms with Crippen molar-refractivity contribution in [3.05, 3.63) is 0 Å². The van der Waals surface area contributed by atoms with Gasteiger partial charge in [0, 0.05) is 12.3 Å². The summed E-state index contributed by atoms with van der Waals surface area (Å²) in [5.74, 6) is 2.48. The Morgan fingerprint density at radius 1 is 0.806 bits per heavy atom. The minimum absolute atomic E-state index is 0.0144. The van der Waals surface area contributed by atoms with Crippen LogP contribution in [0.4, 0.5) is 0 Å². The second-order valence-corrected chi connectivity index (χ2v) is 15.6. The molecule has 1 N–H and O–H groups in total. The molecule has 5 rings (SSSR count). The van der Waals surface area contributed by atoms with Crippen molar-refractivity contribution in [3.8, 4) is 0 Å². The number of carboxylic acid groups (broad SMARTS) is 1. The third-order valence-electron chi connectivity index (χ3n) is 14.0. The standard InChI is InChI=1S/C32H52O4/c1-19(2)21-11-16-32(27(34)35)18-17-30(7)22(26(21)32)9-10-24-29(6)14-13-25(36-20(3)33)28(4,5)23(29)12-15-31(24,30)8/h19,21-26H,9-18H2,1-8H3,(H,34,35)/t21-,22?,23-,24+,25+,26-,29-,30+,31+,32-/m0/s1. The fourth-order valence-electron chi connectivity index (χ4n) is 12.1. The smallest absolute Gasteiger partial charge is 0.309 e. The number of ether oxygens (including phenoxy) is 1. The van der Waals surface area contributed by atoms with Crippen molar-refractivity contribution in [2.24, 2.45) is 62.6 Å². The predicted octanol–water partition coefficient (Wildman–Crippen LogP) is 7.74. The van der Waals surface area contributed by atoms with E-state index in [-0.39, 0.29) is 33.7 Å². The van der Waals surface area contributed by atoms with Crippen molar-refractivity contribution in [2.45, 2.75) is 126 Å². The molecule has 0 aromatic heterocycles. The minimum atomic E-state index is -0.508. The fourth-order valence-corrected chi connectivity index (χ4v) is 12.1. The zero-order chi connectivity index (χ0) is 26.5. The van der Waals surface area contributed by atoms with Crippen LogP contribution in [0, 0.1) is 62.6 Å². The number of rotatable bonds is 3. The summed E-state index contributed by atoms with van der Waals surface area (Å²) in [6.45, 7) is 18.7. The SMILES string of the molecule is CC(=O)O[C@@H]1CC[C@]2(C)[C@H]3CCC4[C@@H]5[C@H](C(C)C)CC[C@]5(C(=O)O)CC[C@@]4(C)[C@]3(C)CC[C@H]2C1(C)C. The van der Waals surface area contributed by atoms with Gasteiger partial charge in [0.1, 0.15) is 6.10 Å². The van der Waals surface area contributed by atoms with Gasteiger partial charge in [0.05, 0.1) is 5.41 Å². The molecule has 4 heteroatoms. The first-order valence-corrected chi connectivity index (χ1v) is 15.1. The second kappa shape index (κ2) is 8.22.